The number of thioether (sulfide) groups is 1. The standard InChI is InChI=1S/C19H16BrClN4OS/c1-2-11-25-18(13-3-7-15(21)8-4-13)23-24-19(25)27-12-17(26)22-16-9-5-14(20)6-10-16/h2-10H,1,11-12H2,(H,22,26). The van der Waals surface area contributed by atoms with Crippen LogP contribution < -0.4 is 5.32 Å². The van der Waals surface area contributed by atoms with Gasteiger partial charge < -0.3 is 5.32 Å². The normalized spacial score (nSPS) is 10.6. The number of hydrogen-bond donors (Lipinski definition) is 1. The molecular formula is C19H16BrClN4OS. The van der Waals surface area contributed by atoms with Crippen LogP contribution in [0.15, 0.2) is 70.8 Å². The number of allylic oxidation sites excluding steroid dienone is 1. The van der Waals surface area contributed by atoms with Gasteiger partial charge in [0.05, 0.1) is 5.75 Å². The van der Waals surface area contributed by atoms with Crippen molar-refractivity contribution in [1.82, 2.24) is 14.8 Å². The number of nitrogens with zero attached hydrogens (tertiary/aromatic N) is 3. The summed E-state index contributed by atoms with van der Waals surface area (Å²) in [5, 5.41) is 12.7. The average Bonchev–Trinajstić information content (AvgIpc) is 3.06. The first-order valence-corrected chi connectivity index (χ1v) is 10.2. The Morgan fingerprint density at radius 2 is 1.89 bits per heavy atom. The van der Waals surface area contributed by atoms with Crippen LogP contribution in [0.5, 0.6) is 0 Å². The number of benzene rings is 2. The minimum Gasteiger partial charge on any atom is -0.325 e. The fourth-order valence-electron chi connectivity index (χ4n) is 2.36. The van der Waals surface area contributed by atoms with E-state index in [1.807, 2.05) is 53.1 Å². The molecule has 1 amide bonds. The minimum atomic E-state index is -0.108. The Kier molecular flexibility index (Phi) is 6.71. The Morgan fingerprint density at radius 3 is 2.56 bits per heavy atom. The molecule has 0 saturated heterocycles. The largest absolute Gasteiger partial charge is 0.325 e. The van der Waals surface area contributed by atoms with Crippen LogP contribution in [-0.2, 0) is 11.3 Å². The van der Waals surface area contributed by atoms with Gasteiger partial charge in [-0.15, -0.1) is 16.8 Å². The lowest BCUT2D eigenvalue weighted by molar-refractivity contribution is -0.113. The van der Waals surface area contributed by atoms with Crippen molar-refractivity contribution in [2.75, 3.05) is 11.1 Å². The van der Waals surface area contributed by atoms with Gasteiger partial charge in [0.25, 0.3) is 0 Å². The molecule has 0 radical (unpaired) electrons. The third-order valence-electron chi connectivity index (χ3n) is 3.59. The maximum atomic E-state index is 12.2. The molecule has 0 fully saturated rings. The first-order chi connectivity index (χ1) is 13.1. The first kappa shape index (κ1) is 19.7. The van der Waals surface area contributed by atoms with E-state index in [0.29, 0.717) is 22.5 Å². The molecule has 3 aromatic rings. The molecule has 1 N–H and O–H groups in total. The second kappa shape index (κ2) is 9.21. The van der Waals surface area contributed by atoms with Gasteiger partial charge >= 0.3 is 0 Å². The SMILES string of the molecule is C=CCn1c(SCC(=O)Nc2ccc(Br)cc2)nnc1-c1ccc(Cl)cc1. The molecule has 5 nitrogen and oxygen atoms in total. The van der Waals surface area contributed by atoms with E-state index in [9.17, 15) is 4.79 Å². The number of amides is 1. The quantitative estimate of drug-likeness (QED) is 0.383. The maximum absolute atomic E-state index is 12.2. The van der Waals surface area contributed by atoms with Gasteiger partial charge in [-0.05, 0) is 48.5 Å². The number of anilines is 1. The van der Waals surface area contributed by atoms with E-state index in [4.69, 9.17) is 11.6 Å². The average molecular weight is 464 g/mol. The molecule has 0 spiro atoms. The van der Waals surface area contributed by atoms with Crippen LogP contribution >= 0.6 is 39.3 Å². The summed E-state index contributed by atoms with van der Waals surface area (Å²) >= 11 is 10.7. The van der Waals surface area contributed by atoms with E-state index in [0.717, 1.165) is 15.7 Å². The van der Waals surface area contributed by atoms with Crippen LogP contribution in [0.25, 0.3) is 11.4 Å². The number of halogens is 2. The van der Waals surface area contributed by atoms with E-state index in [2.05, 4.69) is 38.0 Å². The molecule has 0 atom stereocenters. The molecule has 0 aliphatic rings. The zero-order valence-electron chi connectivity index (χ0n) is 14.2. The van der Waals surface area contributed by atoms with Crippen LogP contribution in [0.1, 0.15) is 0 Å². The van der Waals surface area contributed by atoms with Crippen LogP contribution in [0.2, 0.25) is 5.02 Å². The van der Waals surface area contributed by atoms with Crippen molar-refractivity contribution in [1.29, 1.82) is 0 Å². The molecule has 0 bridgehead atoms. The lowest BCUT2D eigenvalue weighted by Crippen LogP contribution is -2.14. The van der Waals surface area contributed by atoms with Gasteiger partial charge in [-0.3, -0.25) is 9.36 Å². The molecule has 1 aromatic heterocycles. The van der Waals surface area contributed by atoms with Crippen molar-refractivity contribution in [3.8, 4) is 11.4 Å². The summed E-state index contributed by atoms with van der Waals surface area (Å²) in [4.78, 5) is 12.2. The van der Waals surface area contributed by atoms with Gasteiger partial charge in [-0.2, -0.15) is 0 Å². The Morgan fingerprint density at radius 1 is 1.19 bits per heavy atom. The highest BCUT2D eigenvalue weighted by Gasteiger charge is 2.15. The molecule has 3 rings (SSSR count). The van der Waals surface area contributed by atoms with E-state index in [-0.39, 0.29) is 11.7 Å². The number of aromatic nitrogens is 3. The lowest BCUT2D eigenvalue weighted by Gasteiger charge is -2.08. The number of carbonyl (C=O) groups is 1. The fourth-order valence-corrected chi connectivity index (χ4v) is 3.50. The summed E-state index contributed by atoms with van der Waals surface area (Å²) < 4.78 is 2.88. The zero-order chi connectivity index (χ0) is 19.2. The molecule has 0 aliphatic carbocycles. The van der Waals surface area contributed by atoms with Crippen molar-refractivity contribution >= 4 is 50.9 Å². The van der Waals surface area contributed by atoms with Gasteiger partial charge in [0.2, 0.25) is 5.91 Å². The van der Waals surface area contributed by atoms with Crippen molar-refractivity contribution in [3.05, 3.63) is 70.7 Å². The Hall–Kier alpha value is -2.09. The van der Waals surface area contributed by atoms with Crippen molar-refractivity contribution in [2.24, 2.45) is 0 Å². The molecule has 27 heavy (non-hydrogen) atoms. The minimum absolute atomic E-state index is 0.108. The van der Waals surface area contributed by atoms with Crippen LogP contribution in [-0.4, -0.2) is 26.4 Å². The third-order valence-corrected chi connectivity index (χ3v) is 5.34. The zero-order valence-corrected chi connectivity index (χ0v) is 17.4. The topological polar surface area (TPSA) is 59.8 Å². The summed E-state index contributed by atoms with van der Waals surface area (Å²) in [6.07, 6.45) is 1.77. The van der Waals surface area contributed by atoms with Crippen LogP contribution in [0.3, 0.4) is 0 Å². The van der Waals surface area contributed by atoms with Crippen molar-refractivity contribution in [3.63, 3.8) is 0 Å². The smallest absolute Gasteiger partial charge is 0.234 e. The summed E-state index contributed by atoms with van der Waals surface area (Å²) in [7, 11) is 0. The highest BCUT2D eigenvalue weighted by Crippen LogP contribution is 2.25. The summed E-state index contributed by atoms with van der Waals surface area (Å²) in [6.45, 7) is 4.34. The van der Waals surface area contributed by atoms with Crippen molar-refractivity contribution < 1.29 is 4.79 Å². The maximum Gasteiger partial charge on any atom is 0.234 e. The second-order valence-corrected chi connectivity index (χ2v) is 7.85. The molecule has 0 saturated carbocycles. The Labute approximate surface area is 175 Å². The van der Waals surface area contributed by atoms with Crippen LogP contribution in [0.4, 0.5) is 5.69 Å². The van der Waals surface area contributed by atoms with Gasteiger partial charge in [-0.1, -0.05) is 45.4 Å². The number of nitrogens with one attached hydrogen (secondary N) is 1. The summed E-state index contributed by atoms with van der Waals surface area (Å²) in [5.41, 5.74) is 1.65. The van der Waals surface area contributed by atoms with Crippen LogP contribution in [0, 0.1) is 0 Å². The van der Waals surface area contributed by atoms with E-state index >= 15 is 0 Å². The molecule has 1 heterocycles. The van der Waals surface area contributed by atoms with Gasteiger partial charge in [-0.25, -0.2) is 0 Å². The molecule has 138 valence electrons. The second-order valence-electron chi connectivity index (χ2n) is 5.56. The van der Waals surface area contributed by atoms with Gasteiger partial charge in [0, 0.05) is 27.3 Å². The molecule has 2 aromatic carbocycles. The molecular weight excluding hydrogens is 448 g/mol. The van der Waals surface area contributed by atoms with E-state index in [1.54, 1.807) is 6.08 Å². The predicted molar refractivity (Wildman–Crippen MR) is 114 cm³/mol. The predicted octanol–water partition coefficient (Wildman–Crippen LogP) is 5.28. The molecule has 0 unspecified atom stereocenters. The highest BCUT2D eigenvalue weighted by atomic mass is 79.9. The summed E-state index contributed by atoms with van der Waals surface area (Å²) in [5.74, 6) is 0.831. The third kappa shape index (κ3) is 5.22. The summed E-state index contributed by atoms with van der Waals surface area (Å²) in [6, 6.07) is 14.8. The van der Waals surface area contributed by atoms with Gasteiger partial charge in [0.1, 0.15) is 0 Å². The number of hydrogen-bond acceptors (Lipinski definition) is 4. The lowest BCUT2D eigenvalue weighted by atomic mass is 10.2. The monoisotopic (exact) mass is 462 g/mol. The first-order valence-electron chi connectivity index (χ1n) is 8.05. The molecule has 0 aliphatic heterocycles. The highest BCUT2D eigenvalue weighted by molar-refractivity contribution is 9.10. The van der Waals surface area contributed by atoms with Crippen molar-refractivity contribution in [2.45, 2.75) is 11.7 Å². The number of carbonyl (C=O) groups excluding carboxylic acids is 1. The van der Waals surface area contributed by atoms with E-state index < -0.39 is 0 Å². The Bertz CT molecular complexity index is 941. The fraction of sp³-hybridized carbons (Fsp3) is 0.105. The van der Waals surface area contributed by atoms with Gasteiger partial charge in [0.15, 0.2) is 11.0 Å². The van der Waals surface area contributed by atoms with E-state index in [1.165, 1.54) is 11.8 Å². The Balaban J connectivity index is 1.70. The molecule has 8 heteroatoms. The number of rotatable bonds is 7.